The number of hydrogen-bond donors (Lipinski definition) is 2. The minimum Gasteiger partial charge on any atom is -0.363 e. The fraction of sp³-hybridized carbons (Fsp3) is 0.158. The van der Waals surface area contributed by atoms with Gasteiger partial charge in [0, 0.05) is 6.42 Å². The molecule has 0 aliphatic rings. The van der Waals surface area contributed by atoms with Crippen molar-refractivity contribution in [3.8, 4) is 5.69 Å². The molecule has 9 heteroatoms. The van der Waals surface area contributed by atoms with Crippen LogP contribution in [0.2, 0.25) is 0 Å². The molecule has 0 spiro atoms. The molecule has 142 valence electrons. The van der Waals surface area contributed by atoms with Crippen molar-refractivity contribution in [2.24, 2.45) is 5.73 Å². The predicted octanol–water partition coefficient (Wildman–Crippen LogP) is 0.366. The summed E-state index contributed by atoms with van der Waals surface area (Å²) in [6.07, 6.45) is 4.51. The third-order valence-corrected chi connectivity index (χ3v) is 4.00. The van der Waals surface area contributed by atoms with Crippen LogP contribution < -0.4 is 11.1 Å². The van der Waals surface area contributed by atoms with Gasteiger partial charge in [-0.3, -0.25) is 14.4 Å². The molecule has 0 bridgehead atoms. The average Bonchev–Trinajstić information content (AvgIpc) is 3.10. The summed E-state index contributed by atoms with van der Waals surface area (Å²) in [7, 11) is 0. The fourth-order valence-electron chi connectivity index (χ4n) is 2.72. The molecule has 0 radical (unpaired) electrons. The number of amides is 2. The summed E-state index contributed by atoms with van der Waals surface area (Å²) < 4.78 is 1.37. The van der Waals surface area contributed by atoms with E-state index in [0.717, 1.165) is 5.56 Å². The van der Waals surface area contributed by atoms with Crippen molar-refractivity contribution in [1.82, 2.24) is 25.1 Å². The summed E-state index contributed by atoms with van der Waals surface area (Å²) in [4.78, 5) is 44.4. The van der Waals surface area contributed by atoms with Gasteiger partial charge in [-0.2, -0.15) is 5.10 Å². The molecule has 0 saturated heterocycles. The highest BCUT2D eigenvalue weighted by atomic mass is 16.2. The van der Waals surface area contributed by atoms with E-state index in [1.165, 1.54) is 23.4 Å². The summed E-state index contributed by atoms with van der Waals surface area (Å²) in [5.41, 5.74) is 7.20. The molecular formula is C19H18N6O3. The number of primary amides is 1. The zero-order valence-corrected chi connectivity index (χ0v) is 15.1. The molecule has 3 rings (SSSR count). The first-order valence-electron chi connectivity index (χ1n) is 8.46. The molecule has 2 amide bonds. The van der Waals surface area contributed by atoms with Crippen molar-refractivity contribution in [2.75, 3.05) is 0 Å². The summed E-state index contributed by atoms with van der Waals surface area (Å²) in [5.74, 6) is -2.55. The quantitative estimate of drug-likeness (QED) is 0.571. The number of hydrogen-bond acceptors (Lipinski definition) is 6. The van der Waals surface area contributed by atoms with Crippen LogP contribution in [0.1, 0.15) is 21.7 Å². The van der Waals surface area contributed by atoms with Gasteiger partial charge in [0.15, 0.2) is 0 Å². The molecule has 0 saturated carbocycles. The molecule has 2 heterocycles. The lowest BCUT2D eigenvalue weighted by atomic mass is 10.0. The number of ketones is 1. The molecule has 1 aromatic carbocycles. The van der Waals surface area contributed by atoms with E-state index in [0.29, 0.717) is 11.4 Å². The van der Waals surface area contributed by atoms with Crippen LogP contribution in [0.5, 0.6) is 0 Å². The van der Waals surface area contributed by atoms with E-state index in [1.54, 1.807) is 37.3 Å². The number of benzene rings is 1. The van der Waals surface area contributed by atoms with Crippen molar-refractivity contribution in [2.45, 2.75) is 19.4 Å². The zero-order valence-electron chi connectivity index (χ0n) is 15.1. The molecule has 1 atom stereocenters. The lowest BCUT2D eigenvalue weighted by Gasteiger charge is -2.16. The molecule has 0 fully saturated rings. The number of aromatic nitrogens is 4. The number of aryl methyl sites for hydroxylation is 1. The number of Topliss-reactive ketones (excluding diaryl/α,β-unsaturated/α-hetero) is 1. The molecule has 3 aromatic rings. The Morgan fingerprint density at radius 3 is 2.46 bits per heavy atom. The number of nitrogens with two attached hydrogens (primary N) is 1. The summed E-state index contributed by atoms with van der Waals surface area (Å²) >= 11 is 0. The van der Waals surface area contributed by atoms with Gasteiger partial charge in [0.2, 0.25) is 5.78 Å². The summed E-state index contributed by atoms with van der Waals surface area (Å²) in [6, 6.07) is 9.50. The molecule has 9 nitrogen and oxygen atoms in total. The highest BCUT2D eigenvalue weighted by Crippen LogP contribution is 2.12. The van der Waals surface area contributed by atoms with Crippen LogP contribution in [0.15, 0.2) is 55.1 Å². The van der Waals surface area contributed by atoms with E-state index in [4.69, 9.17) is 5.73 Å². The molecule has 0 aliphatic carbocycles. The molecule has 3 N–H and O–H groups in total. The van der Waals surface area contributed by atoms with Gasteiger partial charge in [-0.25, -0.2) is 14.6 Å². The molecule has 1 unspecified atom stereocenters. The maximum atomic E-state index is 12.9. The van der Waals surface area contributed by atoms with Crippen LogP contribution in [0.4, 0.5) is 0 Å². The average molecular weight is 378 g/mol. The Kier molecular flexibility index (Phi) is 5.54. The van der Waals surface area contributed by atoms with Gasteiger partial charge in [0.25, 0.3) is 11.8 Å². The van der Waals surface area contributed by atoms with Crippen LogP contribution in [-0.2, 0) is 16.0 Å². The summed E-state index contributed by atoms with van der Waals surface area (Å²) in [6.45, 7) is 1.73. The van der Waals surface area contributed by atoms with Crippen molar-refractivity contribution in [3.05, 3.63) is 72.1 Å². The van der Waals surface area contributed by atoms with Crippen molar-refractivity contribution in [3.63, 3.8) is 0 Å². The van der Waals surface area contributed by atoms with E-state index in [9.17, 15) is 14.4 Å². The van der Waals surface area contributed by atoms with Crippen molar-refractivity contribution >= 4 is 17.6 Å². The van der Waals surface area contributed by atoms with Gasteiger partial charge in [-0.05, 0) is 18.6 Å². The van der Waals surface area contributed by atoms with Gasteiger partial charge < -0.3 is 11.1 Å². The Labute approximate surface area is 160 Å². The summed E-state index contributed by atoms with van der Waals surface area (Å²) in [5, 5.41) is 6.87. The largest absolute Gasteiger partial charge is 0.363 e. The van der Waals surface area contributed by atoms with Crippen molar-refractivity contribution < 1.29 is 14.4 Å². The first kappa shape index (κ1) is 18.9. The minimum atomic E-state index is -1.11. The highest BCUT2D eigenvalue weighted by molar-refractivity contribution is 6.38. The smallest absolute Gasteiger partial charge is 0.287 e. The Bertz CT molecular complexity index is 1000. The van der Waals surface area contributed by atoms with E-state index in [-0.39, 0.29) is 12.1 Å². The second-order valence-corrected chi connectivity index (χ2v) is 6.12. The number of carbonyl (C=O) groups excluding carboxylic acids is 3. The standard InChI is InChI=1S/C19H18N6O3/c1-12-7-16(25(24-12)14-9-21-11-22-10-14)19(28)23-15(17(26)18(20)27)8-13-5-3-2-4-6-13/h2-7,9-11,15H,8H2,1H3,(H2,20,27)(H,23,28). The number of nitrogens with zero attached hydrogens (tertiary/aromatic N) is 4. The predicted molar refractivity (Wildman–Crippen MR) is 99.5 cm³/mol. The van der Waals surface area contributed by atoms with Gasteiger partial charge in [0.1, 0.15) is 23.8 Å². The lowest BCUT2D eigenvalue weighted by molar-refractivity contribution is -0.137. The zero-order chi connectivity index (χ0) is 20.1. The third kappa shape index (κ3) is 4.26. The Hall–Kier alpha value is -3.88. The third-order valence-electron chi connectivity index (χ3n) is 4.00. The maximum Gasteiger partial charge on any atom is 0.287 e. The van der Waals surface area contributed by atoms with Crippen LogP contribution >= 0.6 is 0 Å². The van der Waals surface area contributed by atoms with Crippen LogP contribution in [-0.4, -0.2) is 43.4 Å². The lowest BCUT2D eigenvalue weighted by Crippen LogP contribution is -2.47. The topological polar surface area (TPSA) is 133 Å². The Morgan fingerprint density at radius 1 is 1.14 bits per heavy atom. The minimum absolute atomic E-state index is 0.135. The highest BCUT2D eigenvalue weighted by Gasteiger charge is 2.27. The van der Waals surface area contributed by atoms with Crippen LogP contribution in [0.25, 0.3) is 5.69 Å². The Balaban J connectivity index is 1.88. The van der Waals surface area contributed by atoms with Crippen molar-refractivity contribution in [1.29, 1.82) is 0 Å². The van der Waals surface area contributed by atoms with E-state index in [1.807, 2.05) is 6.07 Å². The van der Waals surface area contributed by atoms with Gasteiger partial charge >= 0.3 is 0 Å². The normalized spacial score (nSPS) is 11.6. The molecule has 2 aromatic heterocycles. The van der Waals surface area contributed by atoms with Gasteiger partial charge in [-0.15, -0.1) is 0 Å². The van der Waals surface area contributed by atoms with E-state index >= 15 is 0 Å². The number of nitrogens with one attached hydrogen (secondary N) is 1. The maximum absolute atomic E-state index is 12.9. The fourth-order valence-corrected chi connectivity index (χ4v) is 2.72. The second kappa shape index (κ2) is 8.21. The van der Waals surface area contributed by atoms with Gasteiger partial charge in [0.05, 0.1) is 18.1 Å². The van der Waals surface area contributed by atoms with E-state index in [2.05, 4.69) is 20.4 Å². The monoisotopic (exact) mass is 378 g/mol. The molecular weight excluding hydrogens is 360 g/mol. The molecule has 28 heavy (non-hydrogen) atoms. The second-order valence-electron chi connectivity index (χ2n) is 6.12. The number of rotatable bonds is 7. The first-order valence-corrected chi connectivity index (χ1v) is 8.46. The number of carbonyl (C=O) groups is 3. The van der Waals surface area contributed by atoms with Gasteiger partial charge in [-0.1, -0.05) is 30.3 Å². The molecule has 0 aliphatic heterocycles. The van der Waals surface area contributed by atoms with E-state index < -0.39 is 23.6 Å². The van der Waals surface area contributed by atoms with Crippen LogP contribution in [0, 0.1) is 6.92 Å². The SMILES string of the molecule is Cc1cc(C(=O)NC(Cc2ccccc2)C(=O)C(N)=O)n(-c2cncnc2)n1. The van der Waals surface area contributed by atoms with Crippen LogP contribution in [0.3, 0.4) is 0 Å². The Morgan fingerprint density at radius 2 is 1.82 bits per heavy atom. The first-order chi connectivity index (χ1) is 13.5.